The van der Waals surface area contributed by atoms with Gasteiger partial charge in [0.1, 0.15) is 12.0 Å². The smallest absolute Gasteiger partial charge is 0.308 e. The number of carbonyl (C=O) groups is 1. The minimum atomic E-state index is -0.472. The summed E-state index contributed by atoms with van der Waals surface area (Å²) in [6, 6.07) is 8.50. The molecule has 0 aliphatic carbocycles. The van der Waals surface area contributed by atoms with E-state index < -0.39 is 6.03 Å². The summed E-state index contributed by atoms with van der Waals surface area (Å²) in [5.41, 5.74) is 0.827. The van der Waals surface area contributed by atoms with Crippen LogP contribution < -0.4 is 10.6 Å². The Balaban J connectivity index is 2.08. The Kier molecular flexibility index (Phi) is 3.96. The Labute approximate surface area is 113 Å². The largest absolute Gasteiger partial charge is 0.323 e. The van der Waals surface area contributed by atoms with Crippen LogP contribution in [0.1, 0.15) is 0 Å². The zero-order valence-electron chi connectivity index (χ0n) is 9.02. The van der Waals surface area contributed by atoms with E-state index in [1.165, 1.54) is 6.33 Å². The monoisotopic (exact) mass is 282 g/mol. The first-order chi connectivity index (χ1) is 8.66. The van der Waals surface area contributed by atoms with Gasteiger partial charge in [0, 0.05) is 5.69 Å². The third-order valence-corrected chi connectivity index (χ3v) is 2.60. The molecule has 5 nitrogen and oxygen atoms in total. The Morgan fingerprint density at radius 2 is 1.61 bits per heavy atom. The molecule has 7 heteroatoms. The molecule has 2 amide bonds. The Hall–Kier alpha value is -1.85. The van der Waals surface area contributed by atoms with Gasteiger partial charge in [0.2, 0.25) is 0 Å². The molecule has 18 heavy (non-hydrogen) atoms. The standard InChI is InChI=1S/C11H8Cl2N4O/c12-9-8(10(13)15-6-14-9)17-11(18)16-7-4-2-1-3-5-7/h1-6H,(H2,16,17,18). The summed E-state index contributed by atoms with van der Waals surface area (Å²) >= 11 is 11.6. The number of aromatic nitrogens is 2. The zero-order chi connectivity index (χ0) is 13.0. The van der Waals surface area contributed by atoms with Crippen LogP contribution in [0.3, 0.4) is 0 Å². The number of hydrogen-bond donors (Lipinski definition) is 2. The summed E-state index contributed by atoms with van der Waals surface area (Å²) in [5, 5.41) is 5.27. The lowest BCUT2D eigenvalue weighted by Crippen LogP contribution is -2.20. The average molecular weight is 283 g/mol. The van der Waals surface area contributed by atoms with Crippen LogP contribution in [0.2, 0.25) is 10.3 Å². The van der Waals surface area contributed by atoms with E-state index in [1.807, 2.05) is 6.07 Å². The van der Waals surface area contributed by atoms with E-state index in [4.69, 9.17) is 23.2 Å². The highest BCUT2D eigenvalue weighted by molar-refractivity contribution is 6.38. The van der Waals surface area contributed by atoms with Crippen molar-refractivity contribution in [3.63, 3.8) is 0 Å². The molecule has 0 radical (unpaired) electrons. The van der Waals surface area contributed by atoms with Crippen molar-refractivity contribution in [3.8, 4) is 0 Å². The Bertz CT molecular complexity index is 542. The van der Waals surface area contributed by atoms with Crippen LogP contribution in [-0.4, -0.2) is 16.0 Å². The molecular formula is C11H8Cl2N4O. The lowest BCUT2D eigenvalue weighted by Gasteiger charge is -2.08. The van der Waals surface area contributed by atoms with Gasteiger partial charge in [0.05, 0.1) is 0 Å². The van der Waals surface area contributed by atoms with E-state index in [2.05, 4.69) is 20.6 Å². The molecule has 1 aromatic carbocycles. The number of halogens is 2. The minimum absolute atomic E-state index is 0.0817. The topological polar surface area (TPSA) is 66.9 Å². The number of urea groups is 1. The normalized spacial score (nSPS) is 9.89. The van der Waals surface area contributed by atoms with Crippen LogP contribution in [0.25, 0.3) is 0 Å². The van der Waals surface area contributed by atoms with Gasteiger partial charge >= 0.3 is 6.03 Å². The highest BCUT2D eigenvalue weighted by Crippen LogP contribution is 2.25. The van der Waals surface area contributed by atoms with Crippen LogP contribution in [0.4, 0.5) is 16.2 Å². The Morgan fingerprint density at radius 3 is 2.22 bits per heavy atom. The first-order valence-corrected chi connectivity index (χ1v) is 5.71. The highest BCUT2D eigenvalue weighted by atomic mass is 35.5. The van der Waals surface area contributed by atoms with Crippen LogP contribution in [-0.2, 0) is 0 Å². The zero-order valence-corrected chi connectivity index (χ0v) is 10.5. The molecule has 2 rings (SSSR count). The maximum Gasteiger partial charge on any atom is 0.323 e. The van der Waals surface area contributed by atoms with Gasteiger partial charge in [-0.1, -0.05) is 41.4 Å². The number of hydrogen-bond acceptors (Lipinski definition) is 3. The maximum atomic E-state index is 11.7. The molecule has 0 fully saturated rings. The van der Waals surface area contributed by atoms with E-state index in [1.54, 1.807) is 24.3 Å². The summed E-state index contributed by atoms with van der Waals surface area (Å²) in [7, 11) is 0. The first-order valence-electron chi connectivity index (χ1n) is 4.96. The van der Waals surface area contributed by atoms with Crippen LogP contribution in [0, 0.1) is 0 Å². The second kappa shape index (κ2) is 5.66. The van der Waals surface area contributed by atoms with Crippen LogP contribution in [0.5, 0.6) is 0 Å². The van der Waals surface area contributed by atoms with E-state index in [0.29, 0.717) is 5.69 Å². The van der Waals surface area contributed by atoms with Gasteiger partial charge < -0.3 is 10.6 Å². The average Bonchev–Trinajstić information content (AvgIpc) is 2.35. The molecule has 0 bridgehead atoms. The van der Waals surface area contributed by atoms with Gasteiger partial charge in [0.15, 0.2) is 10.3 Å². The number of para-hydroxylation sites is 1. The number of nitrogens with zero attached hydrogens (tertiary/aromatic N) is 2. The third-order valence-electron chi connectivity index (χ3n) is 2.02. The SMILES string of the molecule is O=C(Nc1ccccc1)Nc1c(Cl)ncnc1Cl. The Morgan fingerprint density at radius 1 is 1.00 bits per heavy atom. The molecule has 2 aromatic rings. The van der Waals surface area contributed by atoms with Gasteiger partial charge in [-0.15, -0.1) is 0 Å². The predicted octanol–water partition coefficient (Wildman–Crippen LogP) is 3.43. The molecule has 2 N–H and O–H groups in total. The molecule has 1 aromatic heterocycles. The van der Waals surface area contributed by atoms with Crippen molar-refractivity contribution in [2.24, 2.45) is 0 Å². The molecule has 1 heterocycles. The molecule has 0 unspecified atom stereocenters. The predicted molar refractivity (Wildman–Crippen MR) is 71.1 cm³/mol. The molecule has 0 spiro atoms. The van der Waals surface area contributed by atoms with Crippen molar-refractivity contribution in [3.05, 3.63) is 47.0 Å². The number of anilines is 2. The van der Waals surface area contributed by atoms with E-state index in [9.17, 15) is 4.79 Å². The molecule has 0 atom stereocenters. The number of nitrogens with one attached hydrogen (secondary N) is 2. The van der Waals surface area contributed by atoms with Gasteiger partial charge in [-0.2, -0.15) is 0 Å². The summed E-state index contributed by atoms with van der Waals surface area (Å²) in [6.07, 6.45) is 1.21. The number of carbonyl (C=O) groups excluding carboxylic acids is 1. The molecule has 92 valence electrons. The van der Waals surface area contributed by atoms with E-state index >= 15 is 0 Å². The lowest BCUT2D eigenvalue weighted by atomic mass is 10.3. The summed E-state index contributed by atoms with van der Waals surface area (Å²) in [6.45, 7) is 0. The van der Waals surface area contributed by atoms with Gasteiger partial charge in [-0.05, 0) is 12.1 Å². The summed E-state index contributed by atoms with van der Waals surface area (Å²) < 4.78 is 0. The van der Waals surface area contributed by atoms with Gasteiger partial charge in [-0.3, -0.25) is 0 Å². The van der Waals surface area contributed by atoms with Crippen molar-refractivity contribution >= 4 is 40.6 Å². The van der Waals surface area contributed by atoms with Crippen molar-refractivity contribution < 1.29 is 4.79 Å². The number of rotatable bonds is 2. The molecule has 0 saturated carbocycles. The first kappa shape index (κ1) is 12.6. The van der Waals surface area contributed by atoms with Crippen molar-refractivity contribution in [2.45, 2.75) is 0 Å². The van der Waals surface area contributed by atoms with E-state index in [-0.39, 0.29) is 16.0 Å². The molecule has 0 saturated heterocycles. The van der Waals surface area contributed by atoms with Gasteiger partial charge in [0.25, 0.3) is 0 Å². The maximum absolute atomic E-state index is 11.7. The highest BCUT2D eigenvalue weighted by Gasteiger charge is 2.11. The summed E-state index contributed by atoms with van der Waals surface area (Å²) in [4.78, 5) is 19.1. The molecule has 0 aliphatic rings. The fourth-order valence-corrected chi connectivity index (χ4v) is 1.65. The van der Waals surface area contributed by atoms with Crippen LogP contribution in [0.15, 0.2) is 36.7 Å². The van der Waals surface area contributed by atoms with Crippen molar-refractivity contribution in [2.75, 3.05) is 10.6 Å². The number of benzene rings is 1. The summed E-state index contributed by atoms with van der Waals surface area (Å²) in [5.74, 6) is 0. The van der Waals surface area contributed by atoms with Crippen molar-refractivity contribution in [1.29, 1.82) is 0 Å². The second-order valence-electron chi connectivity index (χ2n) is 3.28. The van der Waals surface area contributed by atoms with Gasteiger partial charge in [-0.25, -0.2) is 14.8 Å². The quantitative estimate of drug-likeness (QED) is 0.830. The fraction of sp³-hybridized carbons (Fsp3) is 0. The second-order valence-corrected chi connectivity index (χ2v) is 3.99. The lowest BCUT2D eigenvalue weighted by molar-refractivity contribution is 0.262. The number of amides is 2. The molecule has 0 aliphatic heterocycles. The molecular weight excluding hydrogens is 275 g/mol. The third kappa shape index (κ3) is 3.09. The van der Waals surface area contributed by atoms with Crippen LogP contribution >= 0.6 is 23.2 Å². The van der Waals surface area contributed by atoms with E-state index in [0.717, 1.165) is 0 Å². The minimum Gasteiger partial charge on any atom is -0.308 e. The van der Waals surface area contributed by atoms with Crippen molar-refractivity contribution in [1.82, 2.24) is 9.97 Å². The fourth-order valence-electron chi connectivity index (χ4n) is 1.24.